The summed E-state index contributed by atoms with van der Waals surface area (Å²) < 4.78 is 4.40. The molecule has 0 N–H and O–H groups in total. The average molecular weight is 429 g/mol. The zero-order chi connectivity index (χ0) is 20.5. The fraction of sp³-hybridized carbons (Fsp3) is 0.409. The summed E-state index contributed by atoms with van der Waals surface area (Å²) in [6.07, 6.45) is 3.25. The molecule has 0 aliphatic heterocycles. The van der Waals surface area contributed by atoms with Crippen molar-refractivity contribution in [2.75, 3.05) is 5.75 Å². The summed E-state index contributed by atoms with van der Waals surface area (Å²) in [4.78, 5) is 12.9. The Morgan fingerprint density at radius 2 is 1.90 bits per heavy atom. The molecule has 3 aromatic rings. The number of carbonyl (C=O) groups excluding carboxylic acids is 1. The SMILES string of the molecule is Cc1cc(C(=O)CSc2nnc(C)n2C2CC2)c(C)n1CCc1ccc(Cl)cc1. The second-order valence-corrected chi connectivity index (χ2v) is 9.03. The van der Waals surface area contributed by atoms with E-state index in [9.17, 15) is 4.79 Å². The second kappa shape index (κ2) is 8.36. The van der Waals surface area contributed by atoms with E-state index in [4.69, 9.17) is 11.6 Å². The number of carbonyl (C=O) groups is 1. The van der Waals surface area contributed by atoms with Crippen LogP contribution in [-0.2, 0) is 13.0 Å². The minimum Gasteiger partial charge on any atom is -0.348 e. The molecule has 5 nitrogen and oxygen atoms in total. The van der Waals surface area contributed by atoms with E-state index in [1.54, 1.807) is 0 Å². The van der Waals surface area contributed by atoms with Gasteiger partial charge >= 0.3 is 0 Å². The number of hydrogen-bond donors (Lipinski definition) is 0. The van der Waals surface area contributed by atoms with Gasteiger partial charge in [-0.15, -0.1) is 10.2 Å². The molecule has 0 amide bonds. The standard InChI is InChI=1S/C22H25ClN4OS/c1-14-12-20(15(2)26(14)11-10-17-4-6-18(23)7-5-17)21(28)13-29-22-25-24-16(3)27(22)19-8-9-19/h4-7,12,19H,8-11,13H2,1-3H3. The normalized spacial score (nSPS) is 13.8. The van der Waals surface area contributed by atoms with Gasteiger partial charge in [0.2, 0.25) is 0 Å². The van der Waals surface area contributed by atoms with Crippen molar-refractivity contribution in [1.29, 1.82) is 0 Å². The van der Waals surface area contributed by atoms with Gasteiger partial charge in [-0.2, -0.15) is 0 Å². The van der Waals surface area contributed by atoms with Crippen LogP contribution < -0.4 is 0 Å². The smallest absolute Gasteiger partial charge is 0.191 e. The highest BCUT2D eigenvalue weighted by molar-refractivity contribution is 7.99. The number of rotatable bonds is 8. The van der Waals surface area contributed by atoms with Crippen LogP contribution in [0, 0.1) is 20.8 Å². The van der Waals surface area contributed by atoms with E-state index >= 15 is 0 Å². The lowest BCUT2D eigenvalue weighted by atomic mass is 10.1. The van der Waals surface area contributed by atoms with Crippen molar-refractivity contribution in [3.8, 4) is 0 Å². The van der Waals surface area contributed by atoms with Crippen LogP contribution in [0.4, 0.5) is 0 Å². The maximum atomic E-state index is 12.9. The molecular weight excluding hydrogens is 404 g/mol. The number of hydrogen-bond acceptors (Lipinski definition) is 4. The number of aryl methyl sites for hydroxylation is 3. The van der Waals surface area contributed by atoms with Crippen LogP contribution in [0.2, 0.25) is 5.02 Å². The first kappa shape index (κ1) is 20.2. The van der Waals surface area contributed by atoms with E-state index in [1.165, 1.54) is 30.2 Å². The molecule has 0 radical (unpaired) electrons. The van der Waals surface area contributed by atoms with E-state index in [0.29, 0.717) is 11.8 Å². The van der Waals surface area contributed by atoms with Crippen molar-refractivity contribution in [3.05, 3.63) is 63.7 Å². The minimum absolute atomic E-state index is 0.142. The van der Waals surface area contributed by atoms with Gasteiger partial charge in [-0.25, -0.2) is 0 Å². The number of Topliss-reactive ketones (excluding diaryl/α,β-unsaturated/α-hetero) is 1. The topological polar surface area (TPSA) is 52.7 Å². The van der Waals surface area contributed by atoms with E-state index < -0.39 is 0 Å². The highest BCUT2D eigenvalue weighted by atomic mass is 35.5. The lowest BCUT2D eigenvalue weighted by Gasteiger charge is -2.10. The number of nitrogens with zero attached hydrogens (tertiary/aromatic N) is 4. The van der Waals surface area contributed by atoms with Gasteiger partial charge in [0.25, 0.3) is 0 Å². The third-order valence-electron chi connectivity index (χ3n) is 5.49. The van der Waals surface area contributed by atoms with Crippen molar-refractivity contribution in [1.82, 2.24) is 19.3 Å². The van der Waals surface area contributed by atoms with E-state index in [0.717, 1.165) is 45.9 Å². The van der Waals surface area contributed by atoms with Crippen LogP contribution in [-0.4, -0.2) is 30.9 Å². The summed E-state index contributed by atoms with van der Waals surface area (Å²) in [5, 5.41) is 10.1. The predicted molar refractivity (Wildman–Crippen MR) is 117 cm³/mol. The Kier molecular flexibility index (Phi) is 5.83. The summed E-state index contributed by atoms with van der Waals surface area (Å²) in [7, 11) is 0. The fourth-order valence-electron chi connectivity index (χ4n) is 3.73. The molecule has 1 aromatic carbocycles. The molecule has 1 saturated carbocycles. The van der Waals surface area contributed by atoms with Gasteiger partial charge in [-0.3, -0.25) is 4.79 Å². The van der Waals surface area contributed by atoms with Crippen LogP contribution in [0.15, 0.2) is 35.5 Å². The molecule has 2 heterocycles. The van der Waals surface area contributed by atoms with Gasteiger partial charge in [-0.1, -0.05) is 35.5 Å². The highest BCUT2D eigenvalue weighted by Gasteiger charge is 2.28. The number of halogens is 1. The van der Waals surface area contributed by atoms with E-state index in [-0.39, 0.29) is 5.78 Å². The summed E-state index contributed by atoms with van der Waals surface area (Å²) in [5.41, 5.74) is 4.18. The molecule has 0 spiro atoms. The second-order valence-electron chi connectivity index (χ2n) is 7.66. The van der Waals surface area contributed by atoms with Crippen molar-refractivity contribution in [3.63, 3.8) is 0 Å². The Morgan fingerprint density at radius 1 is 1.17 bits per heavy atom. The summed E-state index contributed by atoms with van der Waals surface area (Å²) in [6.45, 7) is 6.91. The van der Waals surface area contributed by atoms with Gasteiger partial charge in [0.05, 0.1) is 5.75 Å². The quantitative estimate of drug-likeness (QED) is 0.365. The van der Waals surface area contributed by atoms with E-state index in [1.807, 2.05) is 32.0 Å². The van der Waals surface area contributed by atoms with Crippen LogP contribution >= 0.6 is 23.4 Å². The van der Waals surface area contributed by atoms with Gasteiger partial charge in [0.1, 0.15) is 5.82 Å². The maximum absolute atomic E-state index is 12.9. The molecule has 4 rings (SSSR count). The third kappa shape index (κ3) is 4.43. The van der Waals surface area contributed by atoms with Crippen LogP contribution in [0.25, 0.3) is 0 Å². The molecule has 29 heavy (non-hydrogen) atoms. The Labute approximate surface area is 180 Å². The van der Waals surface area contributed by atoms with Gasteiger partial charge in [0, 0.05) is 34.6 Å². The molecule has 1 aliphatic rings. The minimum atomic E-state index is 0.142. The lowest BCUT2D eigenvalue weighted by Crippen LogP contribution is -2.09. The van der Waals surface area contributed by atoms with E-state index in [2.05, 4.69) is 38.4 Å². The Hall–Kier alpha value is -2.05. The van der Waals surface area contributed by atoms with Crippen LogP contribution in [0.3, 0.4) is 0 Å². The fourth-order valence-corrected chi connectivity index (χ4v) is 4.79. The van der Waals surface area contributed by atoms with Crippen molar-refractivity contribution in [2.45, 2.75) is 57.8 Å². The van der Waals surface area contributed by atoms with Gasteiger partial charge in [-0.05, 0) is 63.8 Å². The molecule has 0 bridgehead atoms. The number of ketones is 1. The molecular formula is C22H25ClN4OS. The molecule has 2 aromatic heterocycles. The monoisotopic (exact) mass is 428 g/mol. The largest absolute Gasteiger partial charge is 0.348 e. The summed E-state index contributed by atoms with van der Waals surface area (Å²) in [6, 6.07) is 10.5. The van der Waals surface area contributed by atoms with Crippen LogP contribution in [0.5, 0.6) is 0 Å². The highest BCUT2D eigenvalue weighted by Crippen LogP contribution is 2.38. The Morgan fingerprint density at radius 3 is 2.59 bits per heavy atom. The first-order chi connectivity index (χ1) is 13.9. The molecule has 7 heteroatoms. The summed E-state index contributed by atoms with van der Waals surface area (Å²) in [5.74, 6) is 1.46. The zero-order valence-corrected chi connectivity index (χ0v) is 18.6. The molecule has 0 unspecified atom stereocenters. The number of aromatic nitrogens is 4. The van der Waals surface area contributed by atoms with Gasteiger partial charge < -0.3 is 9.13 Å². The third-order valence-corrected chi connectivity index (χ3v) is 6.69. The Bertz CT molecular complexity index is 1030. The van der Waals surface area contributed by atoms with Crippen molar-refractivity contribution in [2.24, 2.45) is 0 Å². The average Bonchev–Trinajstić information content (AvgIpc) is 3.41. The first-order valence-corrected chi connectivity index (χ1v) is 11.3. The molecule has 1 fully saturated rings. The number of benzene rings is 1. The van der Waals surface area contributed by atoms with Crippen LogP contribution in [0.1, 0.15) is 52.0 Å². The molecule has 152 valence electrons. The maximum Gasteiger partial charge on any atom is 0.191 e. The predicted octanol–water partition coefficient (Wildman–Crippen LogP) is 5.21. The lowest BCUT2D eigenvalue weighted by molar-refractivity contribution is 0.102. The Balaban J connectivity index is 1.42. The first-order valence-electron chi connectivity index (χ1n) is 9.92. The van der Waals surface area contributed by atoms with Crippen molar-refractivity contribution < 1.29 is 4.79 Å². The number of thioether (sulfide) groups is 1. The molecule has 1 aliphatic carbocycles. The van der Waals surface area contributed by atoms with Gasteiger partial charge in [0.15, 0.2) is 10.9 Å². The zero-order valence-electron chi connectivity index (χ0n) is 17.0. The molecule has 0 saturated heterocycles. The molecule has 0 atom stereocenters. The van der Waals surface area contributed by atoms with Crippen molar-refractivity contribution >= 4 is 29.1 Å². The summed E-state index contributed by atoms with van der Waals surface area (Å²) >= 11 is 7.46.